The first-order valence-corrected chi connectivity index (χ1v) is 9.98. The van der Waals surface area contributed by atoms with Crippen molar-refractivity contribution in [1.29, 1.82) is 0 Å². The van der Waals surface area contributed by atoms with Gasteiger partial charge in [-0.2, -0.15) is 5.10 Å². The molecule has 3 aromatic carbocycles. The molecule has 4 rings (SSSR count). The molecule has 0 amide bonds. The maximum absolute atomic E-state index is 12.6. The minimum atomic E-state index is -0.0240. The fraction of sp³-hybridized carbons (Fsp3) is 0.0833. The number of allylic oxidation sites excluding steroid dienone is 1. The van der Waals surface area contributed by atoms with Crippen molar-refractivity contribution < 1.29 is 9.53 Å². The Morgan fingerprint density at radius 3 is 2.69 bits per heavy atom. The molecule has 0 unspecified atom stereocenters. The van der Waals surface area contributed by atoms with Crippen LogP contribution in [0.25, 0.3) is 16.8 Å². The summed E-state index contributed by atoms with van der Waals surface area (Å²) >= 11 is 3.41. The van der Waals surface area contributed by atoms with Crippen LogP contribution in [0, 0.1) is 0 Å². The van der Waals surface area contributed by atoms with Crippen LogP contribution in [0.3, 0.4) is 0 Å². The molecule has 1 aromatic heterocycles. The lowest BCUT2D eigenvalue weighted by molar-refractivity contribution is 0.104. The summed E-state index contributed by atoms with van der Waals surface area (Å²) in [5, 5.41) is 6.48. The van der Waals surface area contributed by atoms with E-state index in [9.17, 15) is 4.79 Å². The molecular formula is C24H19BrN2O2. The number of fused-ring (bicyclic) bond motifs is 1. The van der Waals surface area contributed by atoms with E-state index in [-0.39, 0.29) is 5.78 Å². The lowest BCUT2D eigenvalue weighted by atomic mass is 10.0. The molecule has 0 aliphatic rings. The predicted octanol–water partition coefficient (Wildman–Crippen LogP) is 5.75. The van der Waals surface area contributed by atoms with Gasteiger partial charge in [0.2, 0.25) is 0 Å². The highest BCUT2D eigenvalue weighted by Crippen LogP contribution is 2.23. The highest BCUT2D eigenvalue weighted by atomic mass is 79.9. The molecule has 4 aromatic rings. The Labute approximate surface area is 177 Å². The van der Waals surface area contributed by atoms with Crippen molar-refractivity contribution in [3.05, 3.63) is 100 Å². The van der Waals surface area contributed by atoms with E-state index in [1.54, 1.807) is 19.4 Å². The number of hydrogen-bond acceptors (Lipinski definition) is 3. The van der Waals surface area contributed by atoms with Crippen LogP contribution in [0.5, 0.6) is 5.75 Å². The second kappa shape index (κ2) is 8.45. The maximum atomic E-state index is 12.6. The van der Waals surface area contributed by atoms with Gasteiger partial charge in [0.15, 0.2) is 5.78 Å². The van der Waals surface area contributed by atoms with E-state index >= 15 is 0 Å². The first kappa shape index (κ1) is 19.2. The van der Waals surface area contributed by atoms with Crippen molar-refractivity contribution >= 4 is 38.6 Å². The number of ether oxygens (including phenoxy) is 1. The second-order valence-corrected chi connectivity index (χ2v) is 7.60. The number of carbonyl (C=O) groups excluding carboxylic acids is 1. The van der Waals surface area contributed by atoms with E-state index in [0.717, 1.165) is 32.1 Å². The minimum Gasteiger partial charge on any atom is -0.496 e. The average Bonchev–Trinajstić information content (AvgIpc) is 3.16. The molecule has 1 heterocycles. The molecule has 29 heavy (non-hydrogen) atoms. The number of ketones is 1. The summed E-state index contributed by atoms with van der Waals surface area (Å²) in [6.07, 6.45) is 7.10. The summed E-state index contributed by atoms with van der Waals surface area (Å²) in [5.41, 5.74) is 2.60. The third-order valence-electron chi connectivity index (χ3n) is 4.70. The zero-order valence-corrected chi connectivity index (χ0v) is 17.5. The van der Waals surface area contributed by atoms with E-state index in [0.29, 0.717) is 12.1 Å². The molecule has 0 aliphatic carbocycles. The summed E-state index contributed by atoms with van der Waals surface area (Å²) in [6, 6.07) is 19.6. The van der Waals surface area contributed by atoms with E-state index in [4.69, 9.17) is 4.74 Å². The van der Waals surface area contributed by atoms with Crippen LogP contribution in [0.1, 0.15) is 21.5 Å². The maximum Gasteiger partial charge on any atom is 0.185 e. The monoisotopic (exact) mass is 446 g/mol. The number of benzene rings is 3. The van der Waals surface area contributed by atoms with Crippen molar-refractivity contribution in [3.8, 4) is 5.75 Å². The molecule has 0 N–H and O–H groups in total. The van der Waals surface area contributed by atoms with Gasteiger partial charge in [0, 0.05) is 17.3 Å². The first-order chi connectivity index (χ1) is 14.1. The quantitative estimate of drug-likeness (QED) is 0.279. The van der Waals surface area contributed by atoms with Gasteiger partial charge in [-0.3, -0.25) is 9.48 Å². The largest absolute Gasteiger partial charge is 0.496 e. The number of carbonyl (C=O) groups is 1. The predicted molar refractivity (Wildman–Crippen MR) is 119 cm³/mol. The highest BCUT2D eigenvalue weighted by Gasteiger charge is 2.07. The fourth-order valence-electron chi connectivity index (χ4n) is 3.24. The highest BCUT2D eigenvalue weighted by molar-refractivity contribution is 9.10. The summed E-state index contributed by atoms with van der Waals surface area (Å²) in [4.78, 5) is 12.6. The van der Waals surface area contributed by atoms with Crippen LogP contribution in [-0.4, -0.2) is 22.7 Å². The SMILES string of the molecule is COc1ccc(/C=C/C(=O)c2ccc3ccccc3c2)cc1Cn1cc(Br)cn1. The van der Waals surface area contributed by atoms with Gasteiger partial charge in [-0.15, -0.1) is 0 Å². The Morgan fingerprint density at radius 1 is 1.10 bits per heavy atom. The zero-order chi connectivity index (χ0) is 20.2. The lowest BCUT2D eigenvalue weighted by Gasteiger charge is -2.09. The van der Waals surface area contributed by atoms with Crippen LogP contribution in [-0.2, 0) is 6.54 Å². The fourth-order valence-corrected chi connectivity index (χ4v) is 3.56. The van der Waals surface area contributed by atoms with Crippen molar-refractivity contribution in [2.75, 3.05) is 7.11 Å². The number of rotatable bonds is 6. The number of methoxy groups -OCH3 is 1. The van der Waals surface area contributed by atoms with Gasteiger partial charge in [0.05, 0.1) is 24.3 Å². The van der Waals surface area contributed by atoms with Gasteiger partial charge in [-0.1, -0.05) is 48.5 Å². The van der Waals surface area contributed by atoms with Crippen molar-refractivity contribution in [2.24, 2.45) is 0 Å². The van der Waals surface area contributed by atoms with Crippen molar-refractivity contribution in [1.82, 2.24) is 9.78 Å². The van der Waals surface area contributed by atoms with Crippen LogP contribution in [0.15, 0.2) is 83.6 Å². The summed E-state index contributed by atoms with van der Waals surface area (Å²) < 4.78 is 8.22. The second-order valence-electron chi connectivity index (χ2n) is 6.69. The van der Waals surface area contributed by atoms with E-state index in [1.807, 2.05) is 77.6 Å². The molecule has 0 saturated heterocycles. The standard InChI is InChI=1S/C24H19BrN2O2/c1-29-24-11-7-17(12-21(24)15-27-16-22(25)14-26-27)6-10-23(28)20-9-8-18-4-2-3-5-19(18)13-20/h2-14,16H,15H2,1H3/b10-6+. The summed E-state index contributed by atoms with van der Waals surface area (Å²) in [7, 11) is 1.65. The Kier molecular flexibility index (Phi) is 5.58. The smallest absolute Gasteiger partial charge is 0.185 e. The molecule has 5 heteroatoms. The van der Waals surface area contributed by atoms with Gasteiger partial charge in [0.1, 0.15) is 5.75 Å². The van der Waals surface area contributed by atoms with Crippen LogP contribution < -0.4 is 4.74 Å². The van der Waals surface area contributed by atoms with E-state index < -0.39 is 0 Å². The molecule has 144 valence electrons. The number of hydrogen-bond donors (Lipinski definition) is 0. The minimum absolute atomic E-state index is 0.0240. The van der Waals surface area contributed by atoms with E-state index in [2.05, 4.69) is 21.0 Å². The topological polar surface area (TPSA) is 44.1 Å². The van der Waals surface area contributed by atoms with E-state index in [1.165, 1.54) is 0 Å². The van der Waals surface area contributed by atoms with Crippen LogP contribution in [0.2, 0.25) is 0 Å². The number of halogens is 1. The van der Waals surface area contributed by atoms with Gasteiger partial charge >= 0.3 is 0 Å². The molecule has 0 spiro atoms. The number of aromatic nitrogens is 2. The van der Waals surface area contributed by atoms with Gasteiger partial charge in [0.25, 0.3) is 0 Å². The van der Waals surface area contributed by atoms with Gasteiger partial charge in [-0.25, -0.2) is 0 Å². The molecule has 0 atom stereocenters. The molecule has 0 saturated carbocycles. The third-order valence-corrected chi connectivity index (χ3v) is 5.11. The molecule has 0 bridgehead atoms. The summed E-state index contributed by atoms with van der Waals surface area (Å²) in [6.45, 7) is 0.578. The number of nitrogens with zero attached hydrogens (tertiary/aromatic N) is 2. The molecule has 4 nitrogen and oxygen atoms in total. The molecule has 0 fully saturated rings. The third kappa shape index (κ3) is 4.46. The Hall–Kier alpha value is -3.18. The van der Waals surface area contributed by atoms with Gasteiger partial charge < -0.3 is 4.74 Å². The zero-order valence-electron chi connectivity index (χ0n) is 15.9. The first-order valence-electron chi connectivity index (χ1n) is 9.18. The Bertz CT molecular complexity index is 1210. The average molecular weight is 447 g/mol. The summed E-state index contributed by atoms with van der Waals surface area (Å²) in [5.74, 6) is 0.763. The van der Waals surface area contributed by atoms with Crippen LogP contribution in [0.4, 0.5) is 0 Å². The molecule has 0 aliphatic heterocycles. The van der Waals surface area contributed by atoms with Crippen molar-refractivity contribution in [2.45, 2.75) is 6.54 Å². The Morgan fingerprint density at radius 2 is 1.93 bits per heavy atom. The molecular weight excluding hydrogens is 428 g/mol. The lowest BCUT2D eigenvalue weighted by Crippen LogP contribution is -2.02. The Balaban J connectivity index is 1.56. The van der Waals surface area contributed by atoms with Crippen LogP contribution >= 0.6 is 15.9 Å². The van der Waals surface area contributed by atoms with Crippen molar-refractivity contribution in [3.63, 3.8) is 0 Å². The molecule has 0 radical (unpaired) electrons. The normalized spacial score (nSPS) is 11.2. The van der Waals surface area contributed by atoms with Gasteiger partial charge in [-0.05, 0) is 56.5 Å².